The Kier molecular flexibility index (Phi) is 4.06. The monoisotopic (exact) mass is 378 g/mol. The molecule has 4 nitrogen and oxygen atoms in total. The lowest BCUT2D eigenvalue weighted by molar-refractivity contribution is 0.625. The second-order valence-corrected chi connectivity index (χ2v) is 8.84. The molecule has 0 saturated heterocycles. The van der Waals surface area contributed by atoms with Crippen molar-refractivity contribution >= 4 is 34.1 Å². The number of nitrogens with one attached hydrogen (secondary N) is 1. The Bertz CT molecular complexity index is 1090. The Morgan fingerprint density at radius 1 is 1.19 bits per heavy atom. The second kappa shape index (κ2) is 6.27. The molecule has 0 unspecified atom stereocenters. The Labute approximate surface area is 160 Å². The molecule has 1 aliphatic heterocycles. The van der Waals surface area contributed by atoms with E-state index >= 15 is 0 Å². The van der Waals surface area contributed by atoms with Gasteiger partial charge in [0.2, 0.25) is 0 Å². The zero-order chi connectivity index (χ0) is 18.3. The molecule has 5 rings (SSSR count). The molecule has 0 atom stereocenters. The van der Waals surface area contributed by atoms with Crippen molar-refractivity contribution < 1.29 is 0 Å². The minimum atomic E-state index is -0.0676. The van der Waals surface area contributed by atoms with Gasteiger partial charge in [0.15, 0.2) is 5.65 Å². The molecule has 0 fully saturated rings. The molecule has 26 heavy (non-hydrogen) atoms. The summed E-state index contributed by atoms with van der Waals surface area (Å²) in [6.07, 6.45) is 7.31. The van der Waals surface area contributed by atoms with Crippen LogP contribution in [0.25, 0.3) is 26.7 Å². The minimum Gasteiger partial charge on any atom is -0.365 e. The zero-order valence-corrected chi connectivity index (χ0v) is 16.4. The fourth-order valence-corrected chi connectivity index (χ4v) is 3.96. The average Bonchev–Trinajstić information content (AvgIpc) is 3.02. The van der Waals surface area contributed by atoms with Crippen molar-refractivity contribution in [2.45, 2.75) is 26.3 Å². The lowest BCUT2D eigenvalue weighted by Crippen LogP contribution is -2.27. The molecule has 0 saturated carbocycles. The van der Waals surface area contributed by atoms with Crippen LogP contribution in [0.1, 0.15) is 26.3 Å². The van der Waals surface area contributed by atoms with Gasteiger partial charge in [0, 0.05) is 39.1 Å². The van der Waals surface area contributed by atoms with E-state index in [1.54, 1.807) is 22.0 Å². The highest BCUT2D eigenvalue weighted by Crippen LogP contribution is 2.42. The molecule has 0 radical (unpaired) electrons. The van der Waals surface area contributed by atoms with Crippen LogP contribution in [-0.4, -0.2) is 20.1 Å². The fraction of sp³-hybridized carbons (Fsp3) is 0.200. The van der Waals surface area contributed by atoms with Crippen LogP contribution >= 0.6 is 22.7 Å². The van der Waals surface area contributed by atoms with Crippen molar-refractivity contribution in [1.82, 2.24) is 14.6 Å². The standard InChI is InChI=1S/C16H16N4S.C4H2S/c1-5-11-7-9-21-15(11)12-10-14(19-16(2,3)4)20-13(18-12)6-8-17-20;1-3-2-5-4(1)3/h1,6-10,19H,2-4H3;1-2H. The predicted octanol–water partition coefficient (Wildman–Crippen LogP) is 5.38. The van der Waals surface area contributed by atoms with Crippen molar-refractivity contribution in [3.8, 4) is 33.4 Å². The quantitative estimate of drug-likeness (QED) is 0.420. The van der Waals surface area contributed by atoms with E-state index in [-0.39, 0.29) is 5.54 Å². The van der Waals surface area contributed by atoms with Gasteiger partial charge in [-0.15, -0.1) is 29.1 Å². The summed E-state index contributed by atoms with van der Waals surface area (Å²) in [6.45, 7) is 6.33. The first-order chi connectivity index (χ1) is 12.4. The van der Waals surface area contributed by atoms with Crippen molar-refractivity contribution in [1.29, 1.82) is 0 Å². The molecule has 1 aliphatic carbocycles. The maximum atomic E-state index is 5.56. The summed E-state index contributed by atoms with van der Waals surface area (Å²) in [5.41, 5.74) is 3.96. The molecule has 4 heterocycles. The summed E-state index contributed by atoms with van der Waals surface area (Å²) in [4.78, 5) is 7.17. The van der Waals surface area contributed by atoms with Crippen LogP contribution in [0.3, 0.4) is 0 Å². The maximum absolute atomic E-state index is 5.56. The number of aromatic nitrogens is 3. The first kappa shape index (κ1) is 16.8. The lowest BCUT2D eigenvalue weighted by Gasteiger charge is -2.22. The summed E-state index contributed by atoms with van der Waals surface area (Å²) in [5.74, 6) is 3.62. The summed E-state index contributed by atoms with van der Waals surface area (Å²) in [5, 5.41) is 11.9. The predicted molar refractivity (Wildman–Crippen MR) is 111 cm³/mol. The van der Waals surface area contributed by atoms with E-state index in [0.29, 0.717) is 0 Å². The molecule has 6 heteroatoms. The number of rotatable bonds is 2. The first-order valence-corrected chi connectivity index (χ1v) is 9.97. The molecule has 1 N–H and O–H groups in total. The van der Waals surface area contributed by atoms with Crippen LogP contribution in [0.15, 0.2) is 41.2 Å². The van der Waals surface area contributed by atoms with E-state index in [9.17, 15) is 0 Å². The number of nitrogens with zero attached hydrogens (tertiary/aromatic N) is 3. The number of hydrogen-bond donors (Lipinski definition) is 1. The molecule has 3 aromatic heterocycles. The van der Waals surface area contributed by atoms with Crippen molar-refractivity contribution in [2.75, 3.05) is 5.32 Å². The average molecular weight is 379 g/mol. The van der Waals surface area contributed by atoms with E-state index in [2.05, 4.69) is 53.5 Å². The van der Waals surface area contributed by atoms with Crippen LogP contribution in [0.5, 0.6) is 0 Å². The lowest BCUT2D eigenvalue weighted by atomic mass is 10.1. The number of fused-ring (bicyclic) bond motifs is 2. The number of hydrogen-bond acceptors (Lipinski definition) is 5. The van der Waals surface area contributed by atoms with Gasteiger partial charge in [-0.05, 0) is 38.3 Å². The Morgan fingerprint density at radius 3 is 2.58 bits per heavy atom. The Hall–Kier alpha value is -2.62. The number of thiophene rings is 2. The summed E-state index contributed by atoms with van der Waals surface area (Å²) in [7, 11) is 0. The van der Waals surface area contributed by atoms with Gasteiger partial charge in [-0.3, -0.25) is 0 Å². The minimum absolute atomic E-state index is 0.0676. The van der Waals surface area contributed by atoms with Gasteiger partial charge < -0.3 is 5.32 Å². The van der Waals surface area contributed by atoms with Gasteiger partial charge in [-0.2, -0.15) is 9.61 Å². The fourth-order valence-electron chi connectivity index (χ4n) is 2.49. The molecule has 2 aliphatic rings. The highest BCUT2D eigenvalue weighted by atomic mass is 32.1. The summed E-state index contributed by atoms with van der Waals surface area (Å²) < 4.78 is 1.80. The number of terminal acetylenes is 1. The third kappa shape index (κ3) is 3.36. The van der Waals surface area contributed by atoms with Crippen LogP contribution in [0.4, 0.5) is 5.82 Å². The van der Waals surface area contributed by atoms with E-state index in [4.69, 9.17) is 6.42 Å². The largest absolute Gasteiger partial charge is 0.365 e. The highest BCUT2D eigenvalue weighted by Gasteiger charge is 2.16. The zero-order valence-electron chi connectivity index (χ0n) is 14.8. The molecule has 0 amide bonds. The smallest absolute Gasteiger partial charge is 0.158 e. The Morgan fingerprint density at radius 2 is 2.00 bits per heavy atom. The molecule has 3 aromatic rings. The van der Waals surface area contributed by atoms with E-state index in [0.717, 1.165) is 27.6 Å². The molecular formula is C20H18N4S2. The SMILES string of the molecule is C#Cc1ccsc1-c1cc(NC(C)(C)C)n2nccc2n1.c1sc2cc1-2. The normalized spacial score (nSPS) is 11.6. The van der Waals surface area contributed by atoms with Crippen molar-refractivity contribution in [2.24, 2.45) is 0 Å². The maximum Gasteiger partial charge on any atom is 0.158 e. The number of anilines is 1. The molecule has 0 bridgehead atoms. The van der Waals surface area contributed by atoms with Gasteiger partial charge in [-0.25, -0.2) is 4.98 Å². The highest BCUT2D eigenvalue weighted by molar-refractivity contribution is 7.18. The second-order valence-electron chi connectivity index (χ2n) is 7.01. The third-order valence-electron chi connectivity index (χ3n) is 3.72. The first-order valence-electron chi connectivity index (χ1n) is 8.21. The molecular weight excluding hydrogens is 360 g/mol. The van der Waals surface area contributed by atoms with Gasteiger partial charge in [0.05, 0.1) is 16.8 Å². The molecule has 0 spiro atoms. The van der Waals surface area contributed by atoms with Crippen LogP contribution in [0.2, 0.25) is 0 Å². The van der Waals surface area contributed by atoms with Crippen LogP contribution in [0, 0.1) is 12.3 Å². The van der Waals surface area contributed by atoms with Gasteiger partial charge >= 0.3 is 0 Å². The molecule has 130 valence electrons. The Balaban J connectivity index is 0.000000283. The van der Waals surface area contributed by atoms with Crippen LogP contribution in [-0.2, 0) is 0 Å². The molecule has 0 aromatic carbocycles. The van der Waals surface area contributed by atoms with Crippen molar-refractivity contribution in [3.63, 3.8) is 0 Å². The third-order valence-corrected chi connectivity index (χ3v) is 5.63. The topological polar surface area (TPSA) is 42.2 Å². The van der Waals surface area contributed by atoms with E-state index in [1.807, 2.05) is 34.9 Å². The van der Waals surface area contributed by atoms with E-state index in [1.165, 1.54) is 10.4 Å². The summed E-state index contributed by atoms with van der Waals surface area (Å²) >= 11 is 3.44. The van der Waals surface area contributed by atoms with Crippen LogP contribution < -0.4 is 5.32 Å². The van der Waals surface area contributed by atoms with E-state index < -0.39 is 0 Å². The van der Waals surface area contributed by atoms with Gasteiger partial charge in [0.25, 0.3) is 0 Å². The van der Waals surface area contributed by atoms with Gasteiger partial charge in [-0.1, -0.05) is 5.92 Å². The summed E-state index contributed by atoms with van der Waals surface area (Å²) in [6, 6.07) is 8.02. The van der Waals surface area contributed by atoms with Gasteiger partial charge in [0.1, 0.15) is 5.82 Å². The van der Waals surface area contributed by atoms with Crippen molar-refractivity contribution in [3.05, 3.63) is 46.8 Å².